The molecule has 3 N–H and O–H groups in total. The molecule has 18 heavy (non-hydrogen) atoms. The molecule has 0 atom stereocenters. The van der Waals surface area contributed by atoms with Gasteiger partial charge in [0.05, 0.1) is 4.90 Å². The lowest BCUT2D eigenvalue weighted by molar-refractivity contribution is 0.578. The molecule has 0 unspecified atom stereocenters. The minimum atomic E-state index is -3.42. The molecular formula is C12H21ClN2O2S. The van der Waals surface area contributed by atoms with Crippen LogP contribution in [0.25, 0.3) is 0 Å². The lowest BCUT2D eigenvalue weighted by Gasteiger charge is -2.12. The Morgan fingerprint density at radius 1 is 1.17 bits per heavy atom. The summed E-state index contributed by atoms with van der Waals surface area (Å²) < 4.78 is 26.8. The van der Waals surface area contributed by atoms with Crippen molar-refractivity contribution in [3.63, 3.8) is 0 Å². The van der Waals surface area contributed by atoms with Gasteiger partial charge in [-0.3, -0.25) is 0 Å². The van der Waals surface area contributed by atoms with E-state index < -0.39 is 10.0 Å². The summed E-state index contributed by atoms with van der Waals surface area (Å²) in [6.07, 6.45) is 0.642. The molecule has 0 radical (unpaired) electrons. The van der Waals surface area contributed by atoms with Crippen molar-refractivity contribution in [1.82, 2.24) is 4.72 Å². The van der Waals surface area contributed by atoms with Crippen molar-refractivity contribution in [2.75, 3.05) is 13.1 Å². The van der Waals surface area contributed by atoms with E-state index >= 15 is 0 Å². The van der Waals surface area contributed by atoms with Crippen LogP contribution in [0, 0.1) is 20.8 Å². The number of nitrogens with one attached hydrogen (secondary N) is 1. The fourth-order valence-corrected chi connectivity index (χ4v) is 3.49. The van der Waals surface area contributed by atoms with Crippen molar-refractivity contribution in [2.24, 2.45) is 5.73 Å². The monoisotopic (exact) mass is 292 g/mol. The molecule has 0 aliphatic heterocycles. The Kier molecular flexibility index (Phi) is 6.84. The number of aryl methyl sites for hydroxylation is 3. The summed E-state index contributed by atoms with van der Waals surface area (Å²) in [4.78, 5) is 0.389. The highest BCUT2D eigenvalue weighted by molar-refractivity contribution is 7.89. The Hall–Kier alpha value is -0.620. The van der Waals surface area contributed by atoms with Crippen LogP contribution in [-0.2, 0) is 10.0 Å². The Morgan fingerprint density at radius 3 is 2.11 bits per heavy atom. The Labute approximate surface area is 115 Å². The standard InChI is InChI=1S/C12H20N2O2S.ClH/c1-9-7-10(2)12(11(3)8-9)17(15,16)14-6-4-5-13;/h7-8,14H,4-6,13H2,1-3H3;1H. The van der Waals surface area contributed by atoms with Gasteiger partial charge in [-0.25, -0.2) is 13.1 Å². The Balaban J connectivity index is 0.00000289. The first kappa shape index (κ1) is 17.4. The summed E-state index contributed by atoms with van der Waals surface area (Å²) in [5.74, 6) is 0. The van der Waals surface area contributed by atoms with Crippen molar-refractivity contribution < 1.29 is 8.42 Å². The van der Waals surface area contributed by atoms with Crippen molar-refractivity contribution in [2.45, 2.75) is 32.1 Å². The lowest BCUT2D eigenvalue weighted by atomic mass is 10.1. The fraction of sp³-hybridized carbons (Fsp3) is 0.500. The molecule has 0 heterocycles. The van der Waals surface area contributed by atoms with Crippen LogP contribution in [0.1, 0.15) is 23.1 Å². The molecule has 104 valence electrons. The van der Waals surface area contributed by atoms with Gasteiger partial charge in [0.1, 0.15) is 0 Å². The number of hydrogen-bond acceptors (Lipinski definition) is 3. The van der Waals surface area contributed by atoms with Gasteiger partial charge in [0.25, 0.3) is 0 Å². The third-order valence-electron chi connectivity index (χ3n) is 2.55. The van der Waals surface area contributed by atoms with E-state index in [2.05, 4.69) is 4.72 Å². The highest BCUT2D eigenvalue weighted by Gasteiger charge is 2.18. The Bertz CT molecular complexity index is 478. The average molecular weight is 293 g/mol. The molecule has 0 aliphatic carbocycles. The number of hydrogen-bond donors (Lipinski definition) is 2. The van der Waals surface area contributed by atoms with E-state index in [0.29, 0.717) is 24.4 Å². The predicted molar refractivity (Wildman–Crippen MR) is 76.8 cm³/mol. The molecule has 0 amide bonds. The van der Waals surface area contributed by atoms with E-state index in [4.69, 9.17) is 5.73 Å². The van der Waals surface area contributed by atoms with Gasteiger partial charge >= 0.3 is 0 Å². The van der Waals surface area contributed by atoms with Crippen molar-refractivity contribution >= 4 is 22.4 Å². The molecule has 0 bridgehead atoms. The second-order valence-electron chi connectivity index (χ2n) is 4.27. The van der Waals surface area contributed by atoms with Crippen LogP contribution < -0.4 is 10.5 Å². The summed E-state index contributed by atoms with van der Waals surface area (Å²) in [5.41, 5.74) is 7.97. The molecule has 1 rings (SSSR count). The third kappa shape index (κ3) is 4.24. The molecule has 4 nitrogen and oxygen atoms in total. The fourth-order valence-electron chi connectivity index (χ4n) is 1.97. The topological polar surface area (TPSA) is 72.2 Å². The van der Waals surface area contributed by atoms with Gasteiger partial charge in [-0.05, 0) is 44.9 Å². The second-order valence-corrected chi connectivity index (χ2v) is 5.97. The van der Waals surface area contributed by atoms with Gasteiger partial charge in [0.2, 0.25) is 10.0 Å². The van der Waals surface area contributed by atoms with Crippen molar-refractivity contribution in [3.05, 3.63) is 28.8 Å². The van der Waals surface area contributed by atoms with Crippen LogP contribution in [0.2, 0.25) is 0 Å². The highest BCUT2D eigenvalue weighted by atomic mass is 35.5. The molecule has 1 aromatic carbocycles. The largest absolute Gasteiger partial charge is 0.330 e. The van der Waals surface area contributed by atoms with E-state index in [1.54, 1.807) is 0 Å². The highest BCUT2D eigenvalue weighted by Crippen LogP contribution is 2.21. The summed E-state index contributed by atoms with van der Waals surface area (Å²) in [6, 6.07) is 3.76. The van der Waals surface area contributed by atoms with Crippen LogP contribution in [0.5, 0.6) is 0 Å². The number of sulfonamides is 1. The van der Waals surface area contributed by atoms with Gasteiger partial charge in [-0.15, -0.1) is 12.4 Å². The van der Waals surface area contributed by atoms with Crippen molar-refractivity contribution in [3.8, 4) is 0 Å². The Morgan fingerprint density at radius 2 is 1.67 bits per heavy atom. The number of benzene rings is 1. The van der Waals surface area contributed by atoms with Gasteiger partial charge in [-0.1, -0.05) is 17.7 Å². The van der Waals surface area contributed by atoms with E-state index in [1.165, 1.54) is 0 Å². The second kappa shape index (κ2) is 7.09. The molecular weight excluding hydrogens is 272 g/mol. The van der Waals surface area contributed by atoms with Gasteiger partial charge < -0.3 is 5.73 Å². The zero-order valence-electron chi connectivity index (χ0n) is 11.0. The normalized spacial score (nSPS) is 11.1. The van der Waals surface area contributed by atoms with Crippen molar-refractivity contribution in [1.29, 1.82) is 0 Å². The molecule has 0 aliphatic rings. The number of halogens is 1. The van der Waals surface area contributed by atoms with Crippen LogP contribution in [0.4, 0.5) is 0 Å². The van der Waals surface area contributed by atoms with E-state index in [1.807, 2.05) is 32.9 Å². The zero-order chi connectivity index (χ0) is 13.1. The quantitative estimate of drug-likeness (QED) is 0.811. The summed E-state index contributed by atoms with van der Waals surface area (Å²) >= 11 is 0. The van der Waals surface area contributed by atoms with E-state index in [9.17, 15) is 8.42 Å². The molecule has 0 saturated carbocycles. The molecule has 0 fully saturated rings. The number of rotatable bonds is 5. The smallest absolute Gasteiger partial charge is 0.241 e. The maximum Gasteiger partial charge on any atom is 0.241 e. The van der Waals surface area contributed by atoms with Crippen LogP contribution >= 0.6 is 12.4 Å². The SMILES string of the molecule is Cc1cc(C)c(S(=O)(=O)NCCCN)c(C)c1.Cl. The zero-order valence-corrected chi connectivity index (χ0v) is 12.6. The average Bonchev–Trinajstić information content (AvgIpc) is 2.15. The lowest BCUT2D eigenvalue weighted by Crippen LogP contribution is -2.27. The molecule has 0 spiro atoms. The van der Waals surface area contributed by atoms with E-state index in [0.717, 1.165) is 16.7 Å². The van der Waals surface area contributed by atoms with Crippen LogP contribution in [0.15, 0.2) is 17.0 Å². The van der Waals surface area contributed by atoms with Gasteiger partial charge in [0, 0.05) is 6.54 Å². The maximum atomic E-state index is 12.1. The molecule has 1 aromatic rings. The van der Waals surface area contributed by atoms with Gasteiger partial charge in [0.15, 0.2) is 0 Å². The summed E-state index contributed by atoms with van der Waals surface area (Å²) in [6.45, 7) is 6.45. The van der Waals surface area contributed by atoms with Crippen LogP contribution in [-0.4, -0.2) is 21.5 Å². The summed E-state index contributed by atoms with van der Waals surface area (Å²) in [5, 5.41) is 0. The molecule has 6 heteroatoms. The predicted octanol–water partition coefficient (Wildman–Crippen LogP) is 1.66. The third-order valence-corrected chi connectivity index (χ3v) is 4.31. The minimum Gasteiger partial charge on any atom is -0.330 e. The van der Waals surface area contributed by atoms with Crippen LogP contribution in [0.3, 0.4) is 0 Å². The van der Waals surface area contributed by atoms with Gasteiger partial charge in [-0.2, -0.15) is 0 Å². The molecule has 0 aromatic heterocycles. The number of nitrogens with two attached hydrogens (primary N) is 1. The first-order valence-corrected chi connectivity index (χ1v) is 7.14. The first-order valence-electron chi connectivity index (χ1n) is 5.66. The molecule has 0 saturated heterocycles. The first-order chi connectivity index (χ1) is 7.88. The minimum absolute atomic E-state index is 0. The summed E-state index contributed by atoms with van der Waals surface area (Å²) in [7, 11) is -3.42. The maximum absolute atomic E-state index is 12.1. The van der Waals surface area contributed by atoms with E-state index in [-0.39, 0.29) is 12.4 Å².